The second kappa shape index (κ2) is 7.02. The van der Waals surface area contributed by atoms with Gasteiger partial charge in [0.25, 0.3) is 5.91 Å². The van der Waals surface area contributed by atoms with Crippen LogP contribution in [-0.2, 0) is 0 Å². The van der Waals surface area contributed by atoms with Crippen LogP contribution < -0.4 is 5.32 Å². The number of carbonyl (C=O) groups excluding carboxylic acids is 1. The van der Waals surface area contributed by atoms with Crippen LogP contribution >= 0.6 is 27.5 Å². The van der Waals surface area contributed by atoms with E-state index in [1.54, 1.807) is 30.5 Å². The van der Waals surface area contributed by atoms with Crippen molar-refractivity contribution in [3.8, 4) is 0 Å². The summed E-state index contributed by atoms with van der Waals surface area (Å²) >= 11 is 9.38. The van der Waals surface area contributed by atoms with E-state index in [2.05, 4.69) is 21.2 Å². The molecule has 0 saturated heterocycles. The highest BCUT2D eigenvalue weighted by Crippen LogP contribution is 2.25. The highest BCUT2D eigenvalue weighted by molar-refractivity contribution is 9.10. The minimum atomic E-state index is -0.371. The number of rotatable bonds is 4. The molecule has 0 spiro atoms. The molecule has 3 aromatic rings. The van der Waals surface area contributed by atoms with Gasteiger partial charge in [0, 0.05) is 9.50 Å². The Kier molecular flexibility index (Phi) is 4.84. The maximum absolute atomic E-state index is 12.7. The van der Waals surface area contributed by atoms with Gasteiger partial charge in [-0.2, -0.15) is 0 Å². The topological polar surface area (TPSA) is 42.2 Å². The van der Waals surface area contributed by atoms with Gasteiger partial charge in [-0.1, -0.05) is 41.9 Å². The Morgan fingerprint density at radius 2 is 1.87 bits per heavy atom. The zero-order chi connectivity index (χ0) is 16.2. The Balaban J connectivity index is 1.93. The van der Waals surface area contributed by atoms with Crippen molar-refractivity contribution in [1.82, 2.24) is 5.32 Å². The van der Waals surface area contributed by atoms with Crippen molar-refractivity contribution in [2.45, 2.75) is 6.04 Å². The van der Waals surface area contributed by atoms with E-state index < -0.39 is 0 Å². The Morgan fingerprint density at radius 1 is 1.09 bits per heavy atom. The summed E-state index contributed by atoms with van der Waals surface area (Å²) in [6.45, 7) is 0. The van der Waals surface area contributed by atoms with E-state index in [1.165, 1.54) is 0 Å². The Hall–Kier alpha value is -2.04. The molecule has 0 aliphatic heterocycles. The average molecular weight is 391 g/mol. The lowest BCUT2D eigenvalue weighted by Crippen LogP contribution is -2.29. The van der Waals surface area contributed by atoms with E-state index in [9.17, 15) is 4.79 Å². The van der Waals surface area contributed by atoms with Gasteiger partial charge in [-0.3, -0.25) is 4.79 Å². The predicted molar refractivity (Wildman–Crippen MR) is 93.6 cm³/mol. The molecule has 3 nitrogen and oxygen atoms in total. The third kappa shape index (κ3) is 3.66. The standard InChI is InChI=1S/C18H13BrClNO2/c19-15-9-8-13(20)11-14(15)18(22)21-17(16-7-4-10-23-16)12-5-2-1-3-6-12/h1-11,17H,(H,21,22). The molecule has 0 radical (unpaired) electrons. The first-order chi connectivity index (χ1) is 11.1. The van der Waals surface area contributed by atoms with E-state index >= 15 is 0 Å². The first-order valence-electron chi connectivity index (χ1n) is 6.99. The summed E-state index contributed by atoms with van der Waals surface area (Å²) in [5.41, 5.74) is 1.42. The number of amides is 1. The fourth-order valence-corrected chi connectivity index (χ4v) is 2.90. The lowest BCUT2D eigenvalue weighted by molar-refractivity contribution is 0.0938. The van der Waals surface area contributed by atoms with Crippen LogP contribution in [0.2, 0.25) is 5.02 Å². The second-order valence-corrected chi connectivity index (χ2v) is 6.25. The summed E-state index contributed by atoms with van der Waals surface area (Å²) in [6, 6.07) is 18.0. The number of furan rings is 1. The highest BCUT2D eigenvalue weighted by Gasteiger charge is 2.21. The molecule has 116 valence electrons. The molecular formula is C18H13BrClNO2. The number of nitrogens with one attached hydrogen (secondary N) is 1. The third-order valence-corrected chi connectivity index (χ3v) is 4.34. The molecule has 0 bridgehead atoms. The molecule has 0 aliphatic carbocycles. The number of halogens is 2. The van der Waals surface area contributed by atoms with Crippen LogP contribution in [0.3, 0.4) is 0 Å². The lowest BCUT2D eigenvalue weighted by Gasteiger charge is -2.18. The van der Waals surface area contributed by atoms with Crippen molar-refractivity contribution in [2.75, 3.05) is 0 Å². The molecular weight excluding hydrogens is 378 g/mol. The van der Waals surface area contributed by atoms with Gasteiger partial charge < -0.3 is 9.73 Å². The van der Waals surface area contributed by atoms with Gasteiger partial charge in [-0.25, -0.2) is 0 Å². The highest BCUT2D eigenvalue weighted by atomic mass is 79.9. The van der Waals surface area contributed by atoms with Crippen molar-refractivity contribution in [3.05, 3.63) is 93.3 Å². The van der Waals surface area contributed by atoms with Gasteiger partial charge in [0.2, 0.25) is 0 Å². The van der Waals surface area contributed by atoms with Gasteiger partial charge >= 0.3 is 0 Å². The van der Waals surface area contributed by atoms with Crippen LogP contribution in [0.1, 0.15) is 27.7 Å². The molecule has 0 fully saturated rings. The third-order valence-electron chi connectivity index (χ3n) is 3.41. The Morgan fingerprint density at radius 3 is 2.57 bits per heavy atom. The van der Waals surface area contributed by atoms with Crippen LogP contribution in [-0.4, -0.2) is 5.91 Å². The normalized spacial score (nSPS) is 11.9. The van der Waals surface area contributed by atoms with Gasteiger partial charge in [0.15, 0.2) is 0 Å². The van der Waals surface area contributed by atoms with E-state index in [0.29, 0.717) is 20.8 Å². The maximum Gasteiger partial charge on any atom is 0.253 e. The van der Waals surface area contributed by atoms with Gasteiger partial charge in [0.05, 0.1) is 11.8 Å². The first-order valence-corrected chi connectivity index (χ1v) is 8.16. The van der Waals surface area contributed by atoms with Crippen molar-refractivity contribution in [3.63, 3.8) is 0 Å². The number of carbonyl (C=O) groups is 1. The zero-order valence-electron chi connectivity index (χ0n) is 12.0. The van der Waals surface area contributed by atoms with Gasteiger partial charge in [-0.05, 0) is 51.8 Å². The quantitative estimate of drug-likeness (QED) is 0.664. The monoisotopic (exact) mass is 389 g/mol. The maximum atomic E-state index is 12.7. The second-order valence-electron chi connectivity index (χ2n) is 4.96. The SMILES string of the molecule is O=C(NC(c1ccccc1)c1ccco1)c1cc(Cl)ccc1Br. The van der Waals surface area contributed by atoms with Gasteiger partial charge in [-0.15, -0.1) is 0 Å². The molecule has 23 heavy (non-hydrogen) atoms. The van der Waals surface area contributed by atoms with Crippen LogP contribution in [0.5, 0.6) is 0 Å². The molecule has 3 rings (SSSR count). The molecule has 0 saturated carbocycles. The Bertz CT molecular complexity index is 803. The summed E-state index contributed by atoms with van der Waals surface area (Å²) in [6.07, 6.45) is 1.59. The number of benzene rings is 2. The average Bonchev–Trinajstić information content (AvgIpc) is 3.09. The molecule has 1 heterocycles. The number of hydrogen-bond donors (Lipinski definition) is 1. The summed E-state index contributed by atoms with van der Waals surface area (Å²) in [5, 5.41) is 3.51. The molecule has 1 N–H and O–H groups in total. The fraction of sp³-hybridized carbons (Fsp3) is 0.0556. The van der Waals surface area contributed by atoms with Crippen molar-refractivity contribution in [1.29, 1.82) is 0 Å². The smallest absolute Gasteiger partial charge is 0.253 e. The molecule has 5 heteroatoms. The van der Waals surface area contributed by atoms with Crippen molar-refractivity contribution in [2.24, 2.45) is 0 Å². The Labute approximate surface area is 147 Å². The minimum Gasteiger partial charge on any atom is -0.467 e. The van der Waals surface area contributed by atoms with Crippen molar-refractivity contribution >= 4 is 33.4 Å². The van der Waals surface area contributed by atoms with E-state index in [1.807, 2.05) is 36.4 Å². The lowest BCUT2D eigenvalue weighted by atomic mass is 10.0. The molecule has 1 unspecified atom stereocenters. The summed E-state index contributed by atoms with van der Waals surface area (Å²) in [7, 11) is 0. The van der Waals surface area contributed by atoms with E-state index in [-0.39, 0.29) is 11.9 Å². The van der Waals surface area contributed by atoms with E-state index in [4.69, 9.17) is 16.0 Å². The molecule has 1 atom stereocenters. The zero-order valence-corrected chi connectivity index (χ0v) is 14.3. The summed E-state index contributed by atoms with van der Waals surface area (Å²) < 4.78 is 6.17. The van der Waals surface area contributed by atoms with Crippen molar-refractivity contribution < 1.29 is 9.21 Å². The summed E-state index contributed by atoms with van der Waals surface area (Å²) in [4.78, 5) is 12.7. The molecule has 1 aromatic heterocycles. The number of hydrogen-bond acceptors (Lipinski definition) is 2. The van der Waals surface area contributed by atoms with Crippen LogP contribution in [0.15, 0.2) is 75.8 Å². The largest absolute Gasteiger partial charge is 0.467 e. The fourth-order valence-electron chi connectivity index (χ4n) is 2.30. The van der Waals surface area contributed by atoms with Crippen LogP contribution in [0, 0.1) is 0 Å². The predicted octanol–water partition coefficient (Wildman–Crippen LogP) is 5.21. The minimum absolute atomic E-state index is 0.232. The first kappa shape index (κ1) is 15.8. The van der Waals surface area contributed by atoms with Crippen LogP contribution in [0.25, 0.3) is 0 Å². The molecule has 1 amide bonds. The molecule has 2 aromatic carbocycles. The molecule has 0 aliphatic rings. The van der Waals surface area contributed by atoms with Crippen LogP contribution in [0.4, 0.5) is 0 Å². The summed E-state index contributed by atoms with van der Waals surface area (Å²) in [5.74, 6) is 0.437. The van der Waals surface area contributed by atoms with E-state index in [0.717, 1.165) is 5.56 Å². The van der Waals surface area contributed by atoms with Gasteiger partial charge in [0.1, 0.15) is 11.8 Å².